The average molecular weight is 208 g/mol. The van der Waals surface area contributed by atoms with E-state index < -0.39 is 8.07 Å². The van der Waals surface area contributed by atoms with Crippen molar-refractivity contribution in [2.75, 3.05) is 0 Å². The minimum absolute atomic E-state index is 0.268. The molecular formula is C13H24Si. The van der Waals surface area contributed by atoms with Gasteiger partial charge in [0.15, 0.2) is 0 Å². The fraction of sp³-hybridized carbons (Fsp3) is 0.692. The lowest BCUT2D eigenvalue weighted by molar-refractivity contribution is 0.540. The molecule has 0 aliphatic heterocycles. The van der Waals surface area contributed by atoms with Crippen molar-refractivity contribution in [1.82, 2.24) is 0 Å². The van der Waals surface area contributed by atoms with Crippen molar-refractivity contribution < 1.29 is 0 Å². The van der Waals surface area contributed by atoms with Crippen molar-refractivity contribution in [3.8, 4) is 0 Å². The molecule has 1 aliphatic carbocycles. The molecule has 0 aromatic rings. The van der Waals surface area contributed by atoms with Crippen LogP contribution in [0, 0.1) is 5.41 Å². The molecule has 0 unspecified atom stereocenters. The Hall–Kier alpha value is -0.303. The van der Waals surface area contributed by atoms with E-state index in [4.69, 9.17) is 0 Å². The highest BCUT2D eigenvalue weighted by atomic mass is 28.3. The van der Waals surface area contributed by atoms with Gasteiger partial charge in [0.25, 0.3) is 0 Å². The van der Waals surface area contributed by atoms with Crippen LogP contribution in [0.15, 0.2) is 22.9 Å². The highest BCUT2D eigenvalue weighted by Gasteiger charge is 2.38. The summed E-state index contributed by atoms with van der Waals surface area (Å²) >= 11 is 0. The molecule has 0 atom stereocenters. The van der Waals surface area contributed by atoms with Gasteiger partial charge < -0.3 is 0 Å². The molecule has 0 amide bonds. The Labute approximate surface area is 90.1 Å². The van der Waals surface area contributed by atoms with Crippen molar-refractivity contribution in [2.45, 2.75) is 53.3 Å². The van der Waals surface area contributed by atoms with Gasteiger partial charge in [0.2, 0.25) is 0 Å². The SMILES string of the molecule is C=C1CC([Si](C)(C)C)=C(CC)C1(C)C. The number of allylic oxidation sites excluding steroid dienone is 3. The number of rotatable bonds is 2. The molecule has 14 heavy (non-hydrogen) atoms. The molecule has 80 valence electrons. The summed E-state index contributed by atoms with van der Waals surface area (Å²) in [4.78, 5) is 0. The van der Waals surface area contributed by atoms with Crippen molar-refractivity contribution >= 4 is 8.07 Å². The maximum Gasteiger partial charge on any atom is 0.0728 e. The molecule has 0 heterocycles. The third-order valence-electron chi connectivity index (χ3n) is 3.65. The van der Waals surface area contributed by atoms with E-state index >= 15 is 0 Å². The first-order valence-electron chi connectivity index (χ1n) is 5.62. The molecule has 0 nitrogen and oxygen atoms in total. The van der Waals surface area contributed by atoms with Gasteiger partial charge in [0, 0.05) is 5.41 Å². The Morgan fingerprint density at radius 2 is 1.79 bits per heavy atom. The second-order valence-electron chi connectivity index (χ2n) is 5.97. The van der Waals surface area contributed by atoms with Crippen LogP contribution in [0.1, 0.15) is 33.6 Å². The average Bonchev–Trinajstić information content (AvgIpc) is 2.22. The number of hydrogen-bond donors (Lipinski definition) is 0. The van der Waals surface area contributed by atoms with Gasteiger partial charge in [-0.25, -0.2) is 0 Å². The molecule has 1 rings (SSSR count). The zero-order valence-corrected chi connectivity index (χ0v) is 11.6. The standard InChI is InChI=1S/C13H24Si/c1-8-11-12(14(5,6)7)9-10(2)13(11,3)4/h2,8-9H2,1,3-7H3. The summed E-state index contributed by atoms with van der Waals surface area (Å²) in [6.07, 6.45) is 2.37. The smallest absolute Gasteiger partial charge is 0.0728 e. The minimum atomic E-state index is -1.12. The molecule has 0 radical (unpaired) electrons. The molecule has 0 aromatic heterocycles. The van der Waals surface area contributed by atoms with Gasteiger partial charge in [-0.05, 0) is 12.8 Å². The van der Waals surface area contributed by atoms with Crippen LogP contribution < -0.4 is 0 Å². The van der Waals surface area contributed by atoms with Crippen LogP contribution >= 0.6 is 0 Å². The Morgan fingerprint density at radius 3 is 2.07 bits per heavy atom. The molecule has 0 spiro atoms. The fourth-order valence-electron chi connectivity index (χ4n) is 2.50. The van der Waals surface area contributed by atoms with Crippen molar-refractivity contribution in [3.63, 3.8) is 0 Å². The second kappa shape index (κ2) is 3.37. The maximum absolute atomic E-state index is 4.25. The molecule has 0 saturated heterocycles. The van der Waals surface area contributed by atoms with Gasteiger partial charge >= 0.3 is 0 Å². The molecule has 1 aliphatic rings. The lowest BCUT2D eigenvalue weighted by Crippen LogP contribution is -2.24. The third kappa shape index (κ3) is 1.74. The van der Waals surface area contributed by atoms with Crippen LogP contribution in [-0.2, 0) is 0 Å². The molecule has 0 saturated carbocycles. The van der Waals surface area contributed by atoms with Gasteiger partial charge in [0.1, 0.15) is 0 Å². The van der Waals surface area contributed by atoms with Crippen LogP contribution in [0.25, 0.3) is 0 Å². The van der Waals surface area contributed by atoms with Gasteiger partial charge in [-0.15, -0.1) is 0 Å². The van der Waals surface area contributed by atoms with E-state index in [9.17, 15) is 0 Å². The first-order valence-corrected chi connectivity index (χ1v) is 9.12. The topological polar surface area (TPSA) is 0 Å². The van der Waals surface area contributed by atoms with E-state index in [1.165, 1.54) is 18.4 Å². The predicted octanol–water partition coefficient (Wildman–Crippen LogP) is 4.56. The highest BCUT2D eigenvalue weighted by Crippen LogP contribution is 2.49. The summed E-state index contributed by atoms with van der Waals surface area (Å²) in [5.74, 6) is 0. The highest BCUT2D eigenvalue weighted by molar-refractivity contribution is 6.83. The summed E-state index contributed by atoms with van der Waals surface area (Å²) in [6, 6.07) is 0. The van der Waals surface area contributed by atoms with E-state index in [1.54, 1.807) is 10.8 Å². The first kappa shape index (κ1) is 11.8. The molecule has 0 N–H and O–H groups in total. The molecule has 1 heteroatoms. The largest absolute Gasteiger partial charge is 0.0987 e. The first-order chi connectivity index (χ1) is 6.21. The van der Waals surface area contributed by atoms with Gasteiger partial charge in [-0.2, -0.15) is 0 Å². The summed E-state index contributed by atoms with van der Waals surface area (Å²) in [5.41, 5.74) is 3.37. The Bertz CT molecular complexity index is 287. The van der Waals surface area contributed by atoms with Crippen molar-refractivity contribution in [1.29, 1.82) is 0 Å². The van der Waals surface area contributed by atoms with Crippen LogP contribution in [0.4, 0.5) is 0 Å². The van der Waals surface area contributed by atoms with Crippen molar-refractivity contribution in [2.24, 2.45) is 5.41 Å². The fourth-order valence-corrected chi connectivity index (χ4v) is 4.64. The van der Waals surface area contributed by atoms with E-state index in [-0.39, 0.29) is 5.41 Å². The molecular weight excluding hydrogens is 184 g/mol. The van der Waals surface area contributed by atoms with Crippen LogP contribution in [-0.4, -0.2) is 8.07 Å². The van der Waals surface area contributed by atoms with Crippen LogP contribution in [0.3, 0.4) is 0 Å². The van der Waals surface area contributed by atoms with Gasteiger partial charge in [-0.1, -0.05) is 63.3 Å². The van der Waals surface area contributed by atoms with Crippen LogP contribution in [0.2, 0.25) is 19.6 Å². The Balaban J connectivity index is 3.22. The van der Waals surface area contributed by atoms with E-state index in [1.807, 2.05) is 0 Å². The van der Waals surface area contributed by atoms with Crippen molar-refractivity contribution in [3.05, 3.63) is 22.9 Å². The van der Waals surface area contributed by atoms with Crippen LogP contribution in [0.5, 0.6) is 0 Å². The number of hydrogen-bond acceptors (Lipinski definition) is 0. The maximum atomic E-state index is 4.25. The predicted molar refractivity (Wildman–Crippen MR) is 68.2 cm³/mol. The normalized spacial score (nSPS) is 22.0. The molecule has 0 aromatic carbocycles. The lowest BCUT2D eigenvalue weighted by Gasteiger charge is -2.25. The molecule has 0 fully saturated rings. The lowest BCUT2D eigenvalue weighted by atomic mass is 9.81. The van der Waals surface area contributed by atoms with Gasteiger partial charge in [-0.3, -0.25) is 0 Å². The third-order valence-corrected chi connectivity index (χ3v) is 5.94. The molecule has 0 bridgehead atoms. The quantitative estimate of drug-likeness (QED) is 0.461. The summed E-state index contributed by atoms with van der Waals surface area (Å²) in [7, 11) is -1.12. The minimum Gasteiger partial charge on any atom is -0.0987 e. The Kier molecular flexibility index (Phi) is 2.83. The van der Waals surface area contributed by atoms with E-state index in [2.05, 4.69) is 47.0 Å². The zero-order chi connectivity index (χ0) is 11.1. The van der Waals surface area contributed by atoms with E-state index in [0.29, 0.717) is 0 Å². The summed E-state index contributed by atoms with van der Waals surface area (Å²) in [6.45, 7) is 18.6. The Morgan fingerprint density at radius 1 is 1.29 bits per heavy atom. The monoisotopic (exact) mass is 208 g/mol. The summed E-state index contributed by atoms with van der Waals surface area (Å²) < 4.78 is 0. The zero-order valence-electron chi connectivity index (χ0n) is 10.6. The second-order valence-corrected chi connectivity index (χ2v) is 11.1. The van der Waals surface area contributed by atoms with E-state index in [0.717, 1.165) is 0 Å². The summed E-state index contributed by atoms with van der Waals surface area (Å²) in [5, 5.41) is 1.76. The van der Waals surface area contributed by atoms with Gasteiger partial charge in [0.05, 0.1) is 8.07 Å².